The minimum atomic E-state index is -1.09. The molecule has 0 radical (unpaired) electrons. The molecule has 2 N–H and O–H groups in total. The van der Waals surface area contributed by atoms with Gasteiger partial charge in [-0.05, 0) is 70.7 Å². The highest BCUT2D eigenvalue weighted by molar-refractivity contribution is 9.10. The summed E-state index contributed by atoms with van der Waals surface area (Å²) < 4.78 is 25.7. The SMILES string of the molecule is COC(=O)NCc1cc(F)ccc1COc1cc(C)n(-c2cc(C(=O)O)ccc2C)c(=O)c1Br. The number of methoxy groups -OCH3 is 1. The molecular weight excluding hydrogens is 511 g/mol. The van der Waals surface area contributed by atoms with Crippen LogP contribution in [-0.4, -0.2) is 28.8 Å². The summed E-state index contributed by atoms with van der Waals surface area (Å²) in [7, 11) is 1.23. The highest BCUT2D eigenvalue weighted by Crippen LogP contribution is 2.27. The van der Waals surface area contributed by atoms with Crippen LogP contribution in [0.15, 0.2) is 51.7 Å². The third kappa shape index (κ3) is 5.45. The van der Waals surface area contributed by atoms with Gasteiger partial charge in [-0.2, -0.15) is 0 Å². The minimum absolute atomic E-state index is 0.00743. The normalized spacial score (nSPS) is 10.6. The van der Waals surface area contributed by atoms with E-state index in [-0.39, 0.29) is 28.9 Å². The van der Waals surface area contributed by atoms with Crippen molar-refractivity contribution in [3.05, 3.63) is 91.1 Å². The molecule has 0 saturated carbocycles. The second kappa shape index (κ2) is 10.5. The monoisotopic (exact) mass is 532 g/mol. The maximum absolute atomic E-state index is 13.7. The first-order valence-electron chi connectivity index (χ1n) is 10.1. The molecule has 0 spiro atoms. The number of amides is 1. The maximum atomic E-state index is 13.7. The second-order valence-electron chi connectivity index (χ2n) is 7.46. The quantitative estimate of drug-likeness (QED) is 0.464. The molecule has 0 fully saturated rings. The Bertz CT molecular complexity index is 1320. The Labute approximate surface area is 203 Å². The third-order valence-corrected chi connectivity index (χ3v) is 5.89. The molecule has 1 heterocycles. The zero-order valence-corrected chi connectivity index (χ0v) is 20.2. The number of halogens is 2. The van der Waals surface area contributed by atoms with Gasteiger partial charge in [0.1, 0.15) is 22.6 Å². The number of carboxylic acid groups (broad SMARTS) is 1. The Kier molecular flexibility index (Phi) is 7.72. The highest BCUT2D eigenvalue weighted by atomic mass is 79.9. The van der Waals surface area contributed by atoms with Crippen LogP contribution in [0.3, 0.4) is 0 Å². The van der Waals surface area contributed by atoms with Gasteiger partial charge < -0.3 is 19.9 Å². The van der Waals surface area contributed by atoms with Gasteiger partial charge in [-0.15, -0.1) is 0 Å². The van der Waals surface area contributed by atoms with E-state index < -0.39 is 23.4 Å². The summed E-state index contributed by atoms with van der Waals surface area (Å²) in [6.07, 6.45) is -0.652. The smallest absolute Gasteiger partial charge is 0.407 e. The number of hydrogen-bond acceptors (Lipinski definition) is 5. The van der Waals surface area contributed by atoms with Crippen molar-refractivity contribution in [1.29, 1.82) is 0 Å². The Hall–Kier alpha value is -3.66. The van der Waals surface area contributed by atoms with Gasteiger partial charge in [0, 0.05) is 18.3 Å². The predicted molar refractivity (Wildman–Crippen MR) is 126 cm³/mol. The van der Waals surface area contributed by atoms with Crippen LogP contribution in [0.2, 0.25) is 0 Å². The fourth-order valence-corrected chi connectivity index (χ4v) is 3.77. The fraction of sp³-hybridized carbons (Fsp3) is 0.208. The van der Waals surface area contributed by atoms with E-state index in [1.54, 1.807) is 26.0 Å². The topological polar surface area (TPSA) is 107 Å². The summed E-state index contributed by atoms with van der Waals surface area (Å²) in [4.78, 5) is 35.9. The molecule has 0 saturated heterocycles. The van der Waals surface area contributed by atoms with Crippen molar-refractivity contribution in [2.24, 2.45) is 0 Å². The molecule has 2 aromatic carbocycles. The number of aromatic carboxylic acids is 1. The van der Waals surface area contributed by atoms with Gasteiger partial charge in [-0.1, -0.05) is 12.1 Å². The Morgan fingerprint density at radius 2 is 1.85 bits per heavy atom. The summed E-state index contributed by atoms with van der Waals surface area (Å²) in [5.41, 5.74) is 2.44. The summed E-state index contributed by atoms with van der Waals surface area (Å²) in [6, 6.07) is 10.3. The number of hydrogen-bond donors (Lipinski definition) is 2. The molecule has 3 aromatic rings. The van der Waals surface area contributed by atoms with Crippen molar-refractivity contribution in [3.8, 4) is 11.4 Å². The summed E-state index contributed by atoms with van der Waals surface area (Å²) in [5.74, 6) is -1.30. The van der Waals surface area contributed by atoms with E-state index in [2.05, 4.69) is 26.0 Å². The molecular formula is C24H22BrFN2O6. The van der Waals surface area contributed by atoms with Crippen LogP contribution in [0.25, 0.3) is 5.69 Å². The molecule has 1 aromatic heterocycles. The van der Waals surface area contributed by atoms with E-state index in [9.17, 15) is 23.9 Å². The molecule has 178 valence electrons. The van der Waals surface area contributed by atoms with Gasteiger partial charge in [-0.3, -0.25) is 9.36 Å². The number of nitrogens with one attached hydrogen (secondary N) is 1. The van der Waals surface area contributed by atoms with Gasteiger partial charge in [0.15, 0.2) is 0 Å². The summed E-state index contributed by atoms with van der Waals surface area (Å²) in [6.45, 7) is 3.53. The van der Waals surface area contributed by atoms with E-state index in [1.807, 2.05) is 0 Å². The van der Waals surface area contributed by atoms with Crippen molar-refractivity contribution in [2.75, 3.05) is 7.11 Å². The van der Waals surface area contributed by atoms with E-state index >= 15 is 0 Å². The van der Waals surface area contributed by atoms with Crippen LogP contribution in [0.1, 0.15) is 32.7 Å². The van der Waals surface area contributed by atoms with Gasteiger partial charge in [-0.25, -0.2) is 14.0 Å². The van der Waals surface area contributed by atoms with Crippen molar-refractivity contribution in [1.82, 2.24) is 9.88 Å². The van der Waals surface area contributed by atoms with Crippen molar-refractivity contribution in [2.45, 2.75) is 27.0 Å². The molecule has 0 aliphatic rings. The van der Waals surface area contributed by atoms with Crippen LogP contribution >= 0.6 is 15.9 Å². The number of aromatic nitrogens is 1. The van der Waals surface area contributed by atoms with E-state index in [0.29, 0.717) is 22.5 Å². The first-order chi connectivity index (χ1) is 16.1. The van der Waals surface area contributed by atoms with Crippen LogP contribution in [0.4, 0.5) is 9.18 Å². The van der Waals surface area contributed by atoms with Gasteiger partial charge >= 0.3 is 12.1 Å². The minimum Gasteiger partial charge on any atom is -0.487 e. The van der Waals surface area contributed by atoms with Crippen LogP contribution in [-0.2, 0) is 17.9 Å². The van der Waals surface area contributed by atoms with E-state index in [4.69, 9.17) is 4.74 Å². The number of ether oxygens (including phenoxy) is 2. The molecule has 0 aliphatic heterocycles. The van der Waals surface area contributed by atoms with Gasteiger partial charge in [0.2, 0.25) is 0 Å². The van der Waals surface area contributed by atoms with Crippen LogP contribution in [0.5, 0.6) is 5.75 Å². The molecule has 0 bridgehead atoms. The molecule has 0 unspecified atom stereocenters. The van der Waals surface area contributed by atoms with Crippen LogP contribution < -0.4 is 15.6 Å². The zero-order chi connectivity index (χ0) is 25.0. The average Bonchev–Trinajstić information content (AvgIpc) is 2.80. The molecule has 34 heavy (non-hydrogen) atoms. The molecule has 8 nitrogen and oxygen atoms in total. The lowest BCUT2D eigenvalue weighted by Crippen LogP contribution is -2.24. The van der Waals surface area contributed by atoms with E-state index in [1.165, 1.54) is 42.0 Å². The largest absolute Gasteiger partial charge is 0.487 e. The van der Waals surface area contributed by atoms with Gasteiger partial charge in [0.05, 0.1) is 18.4 Å². The number of carbonyl (C=O) groups excluding carboxylic acids is 1. The zero-order valence-electron chi connectivity index (χ0n) is 18.6. The molecule has 1 amide bonds. The predicted octanol–water partition coefficient (Wildman–Crippen LogP) is 4.49. The number of benzene rings is 2. The second-order valence-corrected chi connectivity index (χ2v) is 8.25. The summed E-state index contributed by atoms with van der Waals surface area (Å²) in [5, 5.41) is 11.8. The average molecular weight is 533 g/mol. The number of carboxylic acids is 1. The molecule has 10 heteroatoms. The standard InChI is InChI=1S/C24H22BrFN2O6/c1-13-4-5-15(23(30)31)10-19(13)28-14(2)8-20(21(25)22(28)29)34-12-16-6-7-18(26)9-17(16)11-27-24(32)33-3/h4-10H,11-12H2,1-3H3,(H,27,32)(H,30,31). The molecule has 3 rings (SSSR count). The third-order valence-electron chi connectivity index (χ3n) is 5.16. The van der Waals surface area contributed by atoms with Crippen molar-refractivity contribution < 1.29 is 28.6 Å². The lowest BCUT2D eigenvalue weighted by Gasteiger charge is -2.17. The van der Waals surface area contributed by atoms with Gasteiger partial charge in [0.25, 0.3) is 5.56 Å². The first kappa shape index (κ1) is 25.0. The Balaban J connectivity index is 1.92. The maximum Gasteiger partial charge on any atom is 0.407 e. The van der Waals surface area contributed by atoms with Crippen molar-refractivity contribution >= 4 is 28.0 Å². The number of pyridine rings is 1. The Morgan fingerprint density at radius 1 is 1.12 bits per heavy atom. The lowest BCUT2D eigenvalue weighted by atomic mass is 10.1. The number of nitrogens with zero attached hydrogens (tertiary/aromatic N) is 1. The number of alkyl carbamates (subject to hydrolysis) is 1. The lowest BCUT2D eigenvalue weighted by molar-refractivity contribution is 0.0696. The van der Waals surface area contributed by atoms with Crippen molar-refractivity contribution in [3.63, 3.8) is 0 Å². The number of rotatable bonds is 7. The number of carbonyl (C=O) groups is 2. The van der Waals surface area contributed by atoms with Crippen LogP contribution in [0, 0.1) is 19.7 Å². The molecule has 0 atom stereocenters. The summed E-state index contributed by atoms with van der Waals surface area (Å²) >= 11 is 3.29. The first-order valence-corrected chi connectivity index (χ1v) is 10.9. The highest BCUT2D eigenvalue weighted by Gasteiger charge is 2.17. The fourth-order valence-electron chi connectivity index (χ4n) is 3.36. The Morgan fingerprint density at radius 3 is 2.53 bits per heavy atom. The molecule has 0 aliphatic carbocycles. The van der Waals surface area contributed by atoms with E-state index in [0.717, 1.165) is 5.56 Å². The number of aryl methyl sites for hydroxylation is 2.